The summed E-state index contributed by atoms with van der Waals surface area (Å²) in [6.07, 6.45) is -2.96. The molecule has 0 amide bonds. The number of alkyl halides is 3. The molecule has 0 radical (unpaired) electrons. The number of sulfone groups is 1. The Kier molecular flexibility index (Phi) is 6.58. The molecule has 1 aliphatic rings. The lowest BCUT2D eigenvalue weighted by Crippen LogP contribution is -2.42. The van der Waals surface area contributed by atoms with Crippen LogP contribution in [0.1, 0.15) is 60.7 Å². The second kappa shape index (κ2) is 9.11. The number of halogens is 3. The van der Waals surface area contributed by atoms with Gasteiger partial charge in [0.1, 0.15) is 5.82 Å². The van der Waals surface area contributed by atoms with E-state index in [1.165, 1.54) is 19.1 Å². The molecule has 1 N–H and O–H groups in total. The summed E-state index contributed by atoms with van der Waals surface area (Å²) in [6.45, 7) is 5.27. The van der Waals surface area contributed by atoms with Crippen molar-refractivity contribution in [3.63, 3.8) is 0 Å². The van der Waals surface area contributed by atoms with E-state index in [0.717, 1.165) is 12.5 Å². The summed E-state index contributed by atoms with van der Waals surface area (Å²) in [5.41, 5.74) is -0.605. The van der Waals surface area contributed by atoms with Crippen LogP contribution in [0.3, 0.4) is 0 Å². The molecule has 13 heteroatoms. The van der Waals surface area contributed by atoms with Crippen LogP contribution in [-0.2, 0) is 29.2 Å². The summed E-state index contributed by atoms with van der Waals surface area (Å²) >= 11 is 0. The average molecular weight is 526 g/mol. The van der Waals surface area contributed by atoms with Gasteiger partial charge in [0.25, 0.3) is 0 Å². The quantitative estimate of drug-likeness (QED) is 0.486. The standard InChI is InChI=1S/C23H26F3N5O4S/c1-5-17(33)14-10-27-22(29-20(14)23(24,25)26)31-7-6-30-16-9-18(36(4,34)35)13(11-32)8-15(16)28-21(30)19(31)12(2)3/h8-10,12,19,32H,5-7,11H2,1-4H3. The molecule has 9 nitrogen and oxygen atoms in total. The molecule has 1 aliphatic heterocycles. The molecular weight excluding hydrogens is 499 g/mol. The maximum absolute atomic E-state index is 13.8. The topological polar surface area (TPSA) is 118 Å². The molecule has 36 heavy (non-hydrogen) atoms. The van der Waals surface area contributed by atoms with E-state index in [-0.39, 0.29) is 41.8 Å². The summed E-state index contributed by atoms with van der Waals surface area (Å²) in [4.78, 5) is 26.3. The lowest BCUT2D eigenvalue weighted by atomic mass is 10.00. The number of aliphatic hydroxyl groups excluding tert-OH is 1. The Morgan fingerprint density at radius 1 is 1.22 bits per heavy atom. The van der Waals surface area contributed by atoms with Gasteiger partial charge in [0.05, 0.1) is 34.1 Å². The number of rotatable bonds is 6. The minimum Gasteiger partial charge on any atom is -0.392 e. The minimum atomic E-state index is -4.84. The van der Waals surface area contributed by atoms with Gasteiger partial charge in [-0.1, -0.05) is 20.8 Å². The first kappa shape index (κ1) is 26.0. The number of imidazole rings is 1. The molecule has 1 aromatic carbocycles. The Labute approximate surface area is 205 Å². The summed E-state index contributed by atoms with van der Waals surface area (Å²) in [6, 6.07) is 2.46. The van der Waals surface area contributed by atoms with Crippen LogP contribution in [-0.4, -0.2) is 51.6 Å². The Balaban J connectivity index is 1.87. The highest BCUT2D eigenvalue weighted by molar-refractivity contribution is 7.90. The molecular formula is C23H26F3N5O4S. The normalized spacial score (nSPS) is 16.6. The van der Waals surface area contributed by atoms with E-state index in [1.807, 2.05) is 18.4 Å². The fraction of sp³-hybridized carbons (Fsp3) is 0.478. The van der Waals surface area contributed by atoms with E-state index in [0.29, 0.717) is 16.9 Å². The van der Waals surface area contributed by atoms with Crippen LogP contribution in [0, 0.1) is 5.92 Å². The Morgan fingerprint density at radius 2 is 1.92 bits per heavy atom. The average Bonchev–Trinajstić information content (AvgIpc) is 3.17. The molecule has 3 heterocycles. The number of benzene rings is 1. The van der Waals surface area contributed by atoms with E-state index in [9.17, 15) is 31.5 Å². The minimum absolute atomic E-state index is 0.00180. The number of aromatic nitrogens is 4. The predicted molar refractivity (Wildman–Crippen MR) is 125 cm³/mol. The molecule has 0 spiro atoms. The maximum atomic E-state index is 13.8. The third kappa shape index (κ3) is 4.45. The Morgan fingerprint density at radius 3 is 2.47 bits per heavy atom. The second-order valence-electron chi connectivity index (χ2n) is 9.09. The van der Waals surface area contributed by atoms with Crippen molar-refractivity contribution >= 4 is 32.6 Å². The summed E-state index contributed by atoms with van der Waals surface area (Å²) in [5, 5.41) is 9.71. The van der Waals surface area contributed by atoms with E-state index in [4.69, 9.17) is 0 Å². The highest BCUT2D eigenvalue weighted by Crippen LogP contribution is 2.39. The van der Waals surface area contributed by atoms with Crippen LogP contribution >= 0.6 is 0 Å². The molecule has 1 unspecified atom stereocenters. The van der Waals surface area contributed by atoms with Crippen LogP contribution in [0.25, 0.3) is 11.0 Å². The molecule has 0 saturated heterocycles. The van der Waals surface area contributed by atoms with E-state index in [2.05, 4.69) is 15.0 Å². The van der Waals surface area contributed by atoms with Gasteiger partial charge < -0.3 is 14.6 Å². The Hall–Kier alpha value is -3.06. The molecule has 2 aromatic heterocycles. The molecule has 0 fully saturated rings. The van der Waals surface area contributed by atoms with Gasteiger partial charge in [0.2, 0.25) is 5.95 Å². The maximum Gasteiger partial charge on any atom is 0.434 e. The number of ketones is 1. The van der Waals surface area contributed by atoms with E-state index in [1.54, 1.807) is 4.90 Å². The SMILES string of the molecule is CCC(=O)c1cnc(N2CCn3c(nc4cc(CO)c(S(C)(=O)=O)cc43)C2C(C)C)nc1C(F)(F)F. The number of hydrogen-bond donors (Lipinski definition) is 1. The zero-order valence-electron chi connectivity index (χ0n) is 20.2. The van der Waals surface area contributed by atoms with Crippen LogP contribution in [0.5, 0.6) is 0 Å². The number of anilines is 1. The third-order valence-electron chi connectivity index (χ3n) is 6.25. The third-order valence-corrected chi connectivity index (χ3v) is 7.43. The number of carbonyl (C=O) groups is 1. The lowest BCUT2D eigenvalue weighted by molar-refractivity contribution is -0.141. The van der Waals surface area contributed by atoms with Crippen molar-refractivity contribution < 1.29 is 31.5 Å². The van der Waals surface area contributed by atoms with Crippen molar-refractivity contribution in [2.45, 2.75) is 57.5 Å². The largest absolute Gasteiger partial charge is 0.434 e. The smallest absolute Gasteiger partial charge is 0.392 e. The highest BCUT2D eigenvalue weighted by Gasteiger charge is 2.40. The number of nitrogens with zero attached hydrogens (tertiary/aromatic N) is 5. The van der Waals surface area contributed by atoms with Crippen molar-refractivity contribution in [2.75, 3.05) is 17.7 Å². The van der Waals surface area contributed by atoms with E-state index >= 15 is 0 Å². The fourth-order valence-electron chi connectivity index (χ4n) is 4.63. The second-order valence-corrected chi connectivity index (χ2v) is 11.1. The molecule has 194 valence electrons. The molecule has 0 aliphatic carbocycles. The van der Waals surface area contributed by atoms with Gasteiger partial charge in [-0.3, -0.25) is 4.79 Å². The number of Topliss-reactive ketones (excluding diaryl/α,β-unsaturated/α-hetero) is 1. The van der Waals surface area contributed by atoms with Gasteiger partial charge in [-0.15, -0.1) is 0 Å². The van der Waals surface area contributed by atoms with Crippen molar-refractivity contribution in [3.8, 4) is 0 Å². The zero-order chi connectivity index (χ0) is 26.6. The fourth-order valence-corrected chi connectivity index (χ4v) is 5.56. The van der Waals surface area contributed by atoms with Crippen LogP contribution in [0.4, 0.5) is 19.1 Å². The van der Waals surface area contributed by atoms with Gasteiger partial charge in [0.15, 0.2) is 21.3 Å². The van der Waals surface area contributed by atoms with Gasteiger partial charge in [-0.05, 0) is 23.6 Å². The number of carbonyl (C=O) groups excluding carboxylic acids is 1. The van der Waals surface area contributed by atoms with Gasteiger partial charge >= 0.3 is 6.18 Å². The first-order valence-electron chi connectivity index (χ1n) is 11.4. The van der Waals surface area contributed by atoms with Gasteiger partial charge in [0, 0.05) is 32.0 Å². The zero-order valence-corrected chi connectivity index (χ0v) is 21.0. The summed E-state index contributed by atoms with van der Waals surface area (Å²) < 4.78 is 67.8. The first-order chi connectivity index (χ1) is 16.8. The van der Waals surface area contributed by atoms with Crippen LogP contribution in [0.15, 0.2) is 23.2 Å². The number of hydrogen-bond acceptors (Lipinski definition) is 8. The van der Waals surface area contributed by atoms with Crippen molar-refractivity contribution in [3.05, 3.63) is 41.0 Å². The predicted octanol–water partition coefficient (Wildman–Crippen LogP) is 3.55. The van der Waals surface area contributed by atoms with E-state index < -0.39 is 45.7 Å². The summed E-state index contributed by atoms with van der Waals surface area (Å²) in [7, 11) is -3.62. The van der Waals surface area contributed by atoms with Crippen molar-refractivity contribution in [1.29, 1.82) is 0 Å². The van der Waals surface area contributed by atoms with Crippen molar-refractivity contribution in [2.24, 2.45) is 5.92 Å². The number of aliphatic hydroxyl groups is 1. The van der Waals surface area contributed by atoms with Crippen LogP contribution < -0.4 is 4.90 Å². The number of fused-ring (bicyclic) bond motifs is 3. The molecule has 1 atom stereocenters. The van der Waals surface area contributed by atoms with Crippen molar-refractivity contribution in [1.82, 2.24) is 19.5 Å². The highest BCUT2D eigenvalue weighted by atomic mass is 32.2. The molecule has 4 rings (SSSR count). The summed E-state index contributed by atoms with van der Waals surface area (Å²) in [5.74, 6) is -0.481. The van der Waals surface area contributed by atoms with Crippen LogP contribution in [0.2, 0.25) is 0 Å². The first-order valence-corrected chi connectivity index (χ1v) is 13.2. The molecule has 0 bridgehead atoms. The monoisotopic (exact) mass is 525 g/mol. The molecule has 3 aromatic rings. The van der Waals surface area contributed by atoms with Gasteiger partial charge in [-0.25, -0.2) is 23.4 Å². The molecule has 0 saturated carbocycles. The Bertz CT molecular complexity index is 1450. The van der Waals surface area contributed by atoms with Gasteiger partial charge in [-0.2, -0.15) is 13.2 Å². The lowest BCUT2D eigenvalue weighted by Gasteiger charge is -2.38.